The molecule has 1 amide bonds. The van der Waals surface area contributed by atoms with Crippen LogP contribution in [0.2, 0.25) is 10.0 Å². The first-order valence-corrected chi connectivity index (χ1v) is 11.3. The van der Waals surface area contributed by atoms with Crippen LogP contribution < -0.4 is 10.2 Å². The Labute approximate surface area is 208 Å². The lowest BCUT2D eigenvalue weighted by Crippen LogP contribution is -2.18. The van der Waals surface area contributed by atoms with Gasteiger partial charge in [-0.3, -0.25) is 4.79 Å². The molecular formula is C25H15BrCl2N2O3. The summed E-state index contributed by atoms with van der Waals surface area (Å²) >= 11 is 15.4. The highest BCUT2D eigenvalue weighted by molar-refractivity contribution is 9.10. The maximum atomic E-state index is 12.8. The van der Waals surface area contributed by atoms with Gasteiger partial charge in [-0.05, 0) is 63.1 Å². The molecule has 0 aliphatic carbocycles. The summed E-state index contributed by atoms with van der Waals surface area (Å²) < 4.78 is 6.29. The number of carbonyl (C=O) groups is 2. The van der Waals surface area contributed by atoms with E-state index >= 15 is 0 Å². The Kier molecular flexibility index (Phi) is 7.08. The van der Waals surface area contributed by atoms with Gasteiger partial charge in [-0.2, -0.15) is 5.10 Å². The summed E-state index contributed by atoms with van der Waals surface area (Å²) in [6.07, 6.45) is 1.45. The van der Waals surface area contributed by atoms with Gasteiger partial charge in [0.05, 0.1) is 22.4 Å². The maximum absolute atomic E-state index is 12.8. The first kappa shape index (κ1) is 23.0. The van der Waals surface area contributed by atoms with E-state index in [0.717, 1.165) is 10.8 Å². The Hall–Kier alpha value is -3.19. The van der Waals surface area contributed by atoms with Crippen LogP contribution in [0.3, 0.4) is 0 Å². The molecule has 0 atom stereocenters. The van der Waals surface area contributed by atoms with Gasteiger partial charge in [0, 0.05) is 15.1 Å². The fraction of sp³-hybridized carbons (Fsp3) is 0. The Bertz CT molecular complexity index is 1410. The molecule has 0 radical (unpaired) electrons. The zero-order valence-corrected chi connectivity index (χ0v) is 20.0. The molecule has 0 aromatic heterocycles. The van der Waals surface area contributed by atoms with Crippen LogP contribution >= 0.6 is 39.1 Å². The van der Waals surface area contributed by atoms with Gasteiger partial charge in [-0.25, -0.2) is 10.2 Å². The third-order valence-electron chi connectivity index (χ3n) is 4.76. The van der Waals surface area contributed by atoms with Crippen molar-refractivity contribution in [1.29, 1.82) is 0 Å². The molecule has 0 unspecified atom stereocenters. The van der Waals surface area contributed by atoms with Gasteiger partial charge in [-0.1, -0.05) is 65.7 Å². The van der Waals surface area contributed by atoms with Crippen molar-refractivity contribution < 1.29 is 14.3 Å². The maximum Gasteiger partial charge on any atom is 0.345 e. The number of hydrazone groups is 1. The minimum atomic E-state index is -0.640. The fourth-order valence-electron chi connectivity index (χ4n) is 3.17. The smallest absolute Gasteiger partial charge is 0.345 e. The van der Waals surface area contributed by atoms with Crippen molar-refractivity contribution in [3.63, 3.8) is 0 Å². The topological polar surface area (TPSA) is 67.8 Å². The van der Waals surface area contributed by atoms with Crippen molar-refractivity contribution in [2.75, 3.05) is 0 Å². The summed E-state index contributed by atoms with van der Waals surface area (Å²) in [5, 5.41) is 6.41. The van der Waals surface area contributed by atoms with E-state index in [9.17, 15) is 9.59 Å². The Balaban J connectivity index is 1.65. The van der Waals surface area contributed by atoms with E-state index < -0.39 is 5.97 Å². The van der Waals surface area contributed by atoms with Crippen molar-refractivity contribution in [1.82, 2.24) is 5.43 Å². The van der Waals surface area contributed by atoms with Crippen molar-refractivity contribution in [3.8, 4) is 5.75 Å². The fourth-order valence-corrected chi connectivity index (χ4v) is 4.12. The number of benzene rings is 4. The van der Waals surface area contributed by atoms with E-state index in [-0.39, 0.29) is 22.2 Å². The second-order valence-electron chi connectivity index (χ2n) is 6.89. The standard InChI is InChI=1S/C25H15BrCl2N2O3/c26-21-8-4-3-7-18(21)24(31)30-29-14-20-17-6-2-1-5-15(17)9-12-23(20)33-25(32)19-11-10-16(27)13-22(19)28/h1-14H,(H,30,31)/b29-14-. The summed E-state index contributed by atoms with van der Waals surface area (Å²) in [6.45, 7) is 0. The highest BCUT2D eigenvalue weighted by atomic mass is 79.9. The van der Waals surface area contributed by atoms with Gasteiger partial charge in [0.2, 0.25) is 0 Å². The van der Waals surface area contributed by atoms with Crippen molar-refractivity contribution in [2.24, 2.45) is 5.10 Å². The highest BCUT2D eigenvalue weighted by Gasteiger charge is 2.16. The Morgan fingerprint density at radius 2 is 1.67 bits per heavy atom. The third-order valence-corrected chi connectivity index (χ3v) is 6.00. The van der Waals surface area contributed by atoms with Gasteiger partial charge in [0.15, 0.2) is 0 Å². The molecule has 164 valence electrons. The molecule has 4 aromatic carbocycles. The van der Waals surface area contributed by atoms with E-state index in [0.29, 0.717) is 20.6 Å². The highest BCUT2D eigenvalue weighted by Crippen LogP contribution is 2.29. The van der Waals surface area contributed by atoms with Gasteiger partial charge in [-0.15, -0.1) is 0 Å². The molecule has 0 saturated heterocycles. The number of nitrogens with zero attached hydrogens (tertiary/aromatic N) is 1. The van der Waals surface area contributed by atoms with Crippen molar-refractivity contribution >= 4 is 68.0 Å². The molecule has 4 rings (SSSR count). The lowest BCUT2D eigenvalue weighted by molar-refractivity contribution is 0.0734. The first-order valence-electron chi connectivity index (χ1n) is 9.71. The molecule has 1 N–H and O–H groups in total. The molecule has 4 aromatic rings. The Morgan fingerprint density at radius 3 is 2.45 bits per heavy atom. The zero-order chi connectivity index (χ0) is 23.4. The average Bonchev–Trinajstić information content (AvgIpc) is 2.80. The number of rotatable bonds is 5. The van der Waals surface area contributed by atoms with Crippen LogP contribution in [-0.2, 0) is 0 Å². The van der Waals surface area contributed by atoms with Crippen LogP contribution in [0.25, 0.3) is 10.8 Å². The number of esters is 1. The van der Waals surface area contributed by atoms with E-state index in [1.165, 1.54) is 18.3 Å². The monoisotopic (exact) mass is 540 g/mol. The van der Waals surface area contributed by atoms with Gasteiger partial charge in [0.25, 0.3) is 5.91 Å². The van der Waals surface area contributed by atoms with Crippen LogP contribution in [0.15, 0.2) is 88.4 Å². The number of hydrogen-bond acceptors (Lipinski definition) is 4. The predicted molar refractivity (Wildman–Crippen MR) is 135 cm³/mol. The van der Waals surface area contributed by atoms with Crippen LogP contribution in [0.1, 0.15) is 26.3 Å². The Morgan fingerprint density at radius 1 is 0.909 bits per heavy atom. The van der Waals surface area contributed by atoms with Gasteiger partial charge >= 0.3 is 5.97 Å². The third kappa shape index (κ3) is 5.25. The van der Waals surface area contributed by atoms with Crippen molar-refractivity contribution in [3.05, 3.63) is 110 Å². The van der Waals surface area contributed by atoms with Crippen LogP contribution in [0.5, 0.6) is 5.75 Å². The van der Waals surface area contributed by atoms with Crippen LogP contribution in [0.4, 0.5) is 0 Å². The SMILES string of the molecule is O=C(Oc1ccc2ccccc2c1/C=N\NC(=O)c1ccccc1Br)c1ccc(Cl)cc1Cl. The second kappa shape index (κ2) is 10.2. The van der Waals surface area contributed by atoms with Crippen molar-refractivity contribution in [2.45, 2.75) is 0 Å². The minimum absolute atomic E-state index is 0.180. The lowest BCUT2D eigenvalue weighted by Gasteiger charge is -2.11. The minimum Gasteiger partial charge on any atom is -0.422 e. The van der Waals surface area contributed by atoms with Crippen LogP contribution in [-0.4, -0.2) is 18.1 Å². The summed E-state index contributed by atoms with van der Waals surface area (Å²) in [5.41, 5.74) is 3.65. The average molecular weight is 542 g/mol. The molecule has 0 heterocycles. The molecule has 0 aliphatic heterocycles. The number of hydrogen-bond donors (Lipinski definition) is 1. The van der Waals surface area contributed by atoms with E-state index in [4.69, 9.17) is 27.9 Å². The number of nitrogens with one attached hydrogen (secondary N) is 1. The molecule has 0 spiro atoms. The summed E-state index contributed by atoms with van der Waals surface area (Å²) in [7, 11) is 0. The van der Waals surface area contributed by atoms with E-state index in [1.54, 1.807) is 30.3 Å². The molecule has 33 heavy (non-hydrogen) atoms. The predicted octanol–water partition coefficient (Wildman–Crippen LogP) is 6.89. The zero-order valence-electron chi connectivity index (χ0n) is 16.9. The van der Waals surface area contributed by atoms with Gasteiger partial charge in [0.1, 0.15) is 5.75 Å². The molecule has 0 bridgehead atoms. The molecular weight excluding hydrogens is 527 g/mol. The molecule has 5 nitrogen and oxygen atoms in total. The number of amides is 1. The lowest BCUT2D eigenvalue weighted by atomic mass is 10.0. The molecule has 8 heteroatoms. The van der Waals surface area contributed by atoms with E-state index in [1.807, 2.05) is 36.4 Å². The number of fused-ring (bicyclic) bond motifs is 1. The van der Waals surface area contributed by atoms with Gasteiger partial charge < -0.3 is 4.74 Å². The molecule has 0 fully saturated rings. The number of halogens is 3. The van der Waals surface area contributed by atoms with Crippen LogP contribution in [0, 0.1) is 0 Å². The summed E-state index contributed by atoms with van der Waals surface area (Å²) in [6, 6.07) is 22.6. The number of carbonyl (C=O) groups excluding carboxylic acids is 2. The van der Waals surface area contributed by atoms with E-state index in [2.05, 4.69) is 26.5 Å². The normalized spacial score (nSPS) is 11.0. The number of ether oxygens (including phenoxy) is 1. The summed E-state index contributed by atoms with van der Waals surface area (Å²) in [5.74, 6) is -0.757. The second-order valence-corrected chi connectivity index (χ2v) is 8.59. The first-order chi connectivity index (χ1) is 15.9. The molecule has 0 aliphatic rings. The summed E-state index contributed by atoms with van der Waals surface area (Å²) in [4.78, 5) is 25.2. The molecule has 0 saturated carbocycles. The quantitative estimate of drug-likeness (QED) is 0.129. The largest absolute Gasteiger partial charge is 0.422 e.